The van der Waals surface area contributed by atoms with E-state index in [2.05, 4.69) is 48.8 Å². The number of nitrogens with zero attached hydrogens (tertiary/aromatic N) is 1. The Balaban J connectivity index is 2.23. The molecule has 0 fully saturated rings. The number of rotatable bonds is 2. The lowest BCUT2D eigenvalue weighted by molar-refractivity contribution is 0.102. The van der Waals surface area contributed by atoms with E-state index < -0.39 is 0 Å². The van der Waals surface area contributed by atoms with Crippen LogP contribution in [0.3, 0.4) is 0 Å². The molecule has 0 aliphatic heterocycles. The standard InChI is InChI=1S/C12H8BrIN2O/c13-8-3-4-11(14)10(6-8)12(17)16-9-2-1-5-15-7-9/h1-7H,(H,16,17). The van der Waals surface area contributed by atoms with Crippen LogP contribution in [0.15, 0.2) is 47.2 Å². The largest absolute Gasteiger partial charge is 0.321 e. The number of amides is 1. The molecule has 5 heteroatoms. The number of hydrogen-bond acceptors (Lipinski definition) is 2. The summed E-state index contributed by atoms with van der Waals surface area (Å²) in [5, 5.41) is 2.80. The number of halogens is 2. The van der Waals surface area contributed by atoms with Gasteiger partial charge in [-0.2, -0.15) is 0 Å². The molecule has 0 aliphatic rings. The summed E-state index contributed by atoms with van der Waals surface area (Å²) < 4.78 is 1.79. The Morgan fingerprint density at radius 1 is 1.35 bits per heavy atom. The van der Waals surface area contributed by atoms with Gasteiger partial charge >= 0.3 is 0 Å². The highest BCUT2D eigenvalue weighted by Crippen LogP contribution is 2.19. The van der Waals surface area contributed by atoms with Crippen LogP contribution in [0, 0.1) is 3.57 Å². The molecule has 0 saturated carbocycles. The molecule has 2 rings (SSSR count). The van der Waals surface area contributed by atoms with Crippen LogP contribution >= 0.6 is 38.5 Å². The van der Waals surface area contributed by atoms with E-state index in [-0.39, 0.29) is 5.91 Å². The van der Waals surface area contributed by atoms with E-state index in [1.54, 1.807) is 30.6 Å². The summed E-state index contributed by atoms with van der Waals surface area (Å²) >= 11 is 5.49. The van der Waals surface area contributed by atoms with E-state index in [9.17, 15) is 4.79 Å². The highest BCUT2D eigenvalue weighted by atomic mass is 127. The van der Waals surface area contributed by atoms with Gasteiger partial charge in [0, 0.05) is 14.2 Å². The lowest BCUT2D eigenvalue weighted by Gasteiger charge is -2.06. The Bertz CT molecular complexity index is 545. The summed E-state index contributed by atoms with van der Waals surface area (Å²) in [6.07, 6.45) is 3.28. The van der Waals surface area contributed by atoms with Gasteiger partial charge in [0.05, 0.1) is 17.4 Å². The first-order chi connectivity index (χ1) is 8.16. The molecule has 3 nitrogen and oxygen atoms in total. The maximum Gasteiger partial charge on any atom is 0.256 e. The first-order valence-electron chi connectivity index (χ1n) is 4.83. The zero-order valence-corrected chi connectivity index (χ0v) is 12.4. The van der Waals surface area contributed by atoms with E-state index >= 15 is 0 Å². The van der Waals surface area contributed by atoms with Gasteiger partial charge in [-0.25, -0.2) is 0 Å². The van der Waals surface area contributed by atoms with E-state index in [4.69, 9.17) is 0 Å². The van der Waals surface area contributed by atoms with Crippen molar-refractivity contribution < 1.29 is 4.79 Å². The van der Waals surface area contributed by atoms with E-state index in [0.717, 1.165) is 8.04 Å². The maximum absolute atomic E-state index is 12.0. The van der Waals surface area contributed by atoms with Crippen molar-refractivity contribution in [2.45, 2.75) is 0 Å². The van der Waals surface area contributed by atoms with Gasteiger partial charge in [-0.15, -0.1) is 0 Å². The van der Waals surface area contributed by atoms with Gasteiger partial charge in [0.15, 0.2) is 0 Å². The van der Waals surface area contributed by atoms with Crippen molar-refractivity contribution in [2.24, 2.45) is 0 Å². The lowest BCUT2D eigenvalue weighted by Crippen LogP contribution is -2.13. The minimum Gasteiger partial charge on any atom is -0.321 e. The number of hydrogen-bond donors (Lipinski definition) is 1. The van der Waals surface area contributed by atoms with Crippen LogP contribution in [0.25, 0.3) is 0 Å². The molecule has 0 bridgehead atoms. The molecule has 1 N–H and O–H groups in total. The molecule has 17 heavy (non-hydrogen) atoms. The van der Waals surface area contributed by atoms with Crippen molar-refractivity contribution in [3.05, 3.63) is 56.3 Å². The van der Waals surface area contributed by atoms with Gasteiger partial charge in [-0.3, -0.25) is 9.78 Å². The van der Waals surface area contributed by atoms with Crippen LogP contribution in [0.4, 0.5) is 5.69 Å². The van der Waals surface area contributed by atoms with Crippen LogP contribution < -0.4 is 5.32 Å². The van der Waals surface area contributed by atoms with Gasteiger partial charge in [-0.05, 0) is 52.9 Å². The van der Waals surface area contributed by atoms with Gasteiger partial charge in [0.25, 0.3) is 5.91 Å². The molecule has 0 spiro atoms. The summed E-state index contributed by atoms with van der Waals surface area (Å²) in [5.74, 6) is -0.135. The fraction of sp³-hybridized carbons (Fsp3) is 0. The number of carbonyl (C=O) groups excluding carboxylic acids is 1. The zero-order valence-electron chi connectivity index (χ0n) is 8.65. The average molecular weight is 403 g/mol. The molecule has 1 aromatic carbocycles. The van der Waals surface area contributed by atoms with Crippen molar-refractivity contribution in [1.29, 1.82) is 0 Å². The normalized spacial score (nSPS) is 10.0. The first kappa shape index (κ1) is 12.5. The molecule has 86 valence electrons. The third-order valence-electron chi connectivity index (χ3n) is 2.09. The summed E-state index contributed by atoms with van der Waals surface area (Å²) in [4.78, 5) is 16.0. The van der Waals surface area contributed by atoms with Crippen LogP contribution in [0.1, 0.15) is 10.4 Å². The van der Waals surface area contributed by atoms with Gasteiger partial charge in [-0.1, -0.05) is 15.9 Å². The topological polar surface area (TPSA) is 42.0 Å². The van der Waals surface area contributed by atoms with Crippen molar-refractivity contribution in [2.75, 3.05) is 5.32 Å². The number of carbonyl (C=O) groups is 1. The molecule has 0 unspecified atom stereocenters. The summed E-state index contributed by atoms with van der Waals surface area (Å²) in [5.41, 5.74) is 1.33. The highest BCUT2D eigenvalue weighted by molar-refractivity contribution is 14.1. The Labute approximate surface area is 121 Å². The predicted molar refractivity (Wildman–Crippen MR) is 79.0 cm³/mol. The second kappa shape index (κ2) is 5.59. The van der Waals surface area contributed by atoms with Crippen molar-refractivity contribution in [3.8, 4) is 0 Å². The quantitative estimate of drug-likeness (QED) is 0.778. The van der Waals surface area contributed by atoms with E-state index in [1.165, 1.54) is 0 Å². The number of anilines is 1. The maximum atomic E-state index is 12.0. The highest BCUT2D eigenvalue weighted by Gasteiger charge is 2.10. The zero-order chi connectivity index (χ0) is 12.3. The van der Waals surface area contributed by atoms with Crippen molar-refractivity contribution in [3.63, 3.8) is 0 Å². The molecule has 0 atom stereocenters. The Morgan fingerprint density at radius 2 is 2.18 bits per heavy atom. The third kappa shape index (κ3) is 3.26. The Kier molecular flexibility index (Phi) is 4.11. The molecular weight excluding hydrogens is 395 g/mol. The number of benzene rings is 1. The van der Waals surface area contributed by atoms with Crippen LogP contribution in [0.5, 0.6) is 0 Å². The van der Waals surface area contributed by atoms with Crippen LogP contribution in [0.2, 0.25) is 0 Å². The van der Waals surface area contributed by atoms with Crippen molar-refractivity contribution in [1.82, 2.24) is 4.98 Å². The minimum atomic E-state index is -0.135. The van der Waals surface area contributed by atoms with Gasteiger partial charge in [0.2, 0.25) is 0 Å². The Morgan fingerprint density at radius 3 is 2.88 bits per heavy atom. The fourth-order valence-electron chi connectivity index (χ4n) is 1.31. The van der Waals surface area contributed by atoms with Crippen LogP contribution in [-0.4, -0.2) is 10.9 Å². The molecule has 1 heterocycles. The molecule has 0 saturated heterocycles. The molecule has 0 aliphatic carbocycles. The molecule has 0 radical (unpaired) electrons. The summed E-state index contributed by atoms with van der Waals surface area (Å²) in [7, 11) is 0. The predicted octanol–water partition coefficient (Wildman–Crippen LogP) is 3.70. The van der Waals surface area contributed by atoms with Gasteiger partial charge in [0.1, 0.15) is 0 Å². The monoisotopic (exact) mass is 402 g/mol. The smallest absolute Gasteiger partial charge is 0.256 e. The summed E-state index contributed by atoms with van der Waals surface area (Å²) in [6, 6.07) is 9.18. The van der Waals surface area contributed by atoms with Crippen LogP contribution in [-0.2, 0) is 0 Å². The average Bonchev–Trinajstić information content (AvgIpc) is 2.33. The van der Waals surface area contributed by atoms with E-state index in [1.807, 2.05) is 12.1 Å². The van der Waals surface area contributed by atoms with Gasteiger partial charge < -0.3 is 5.32 Å². The third-order valence-corrected chi connectivity index (χ3v) is 3.53. The first-order valence-corrected chi connectivity index (χ1v) is 6.70. The molecule has 1 amide bonds. The summed E-state index contributed by atoms with van der Waals surface area (Å²) in [6.45, 7) is 0. The second-order valence-corrected chi connectivity index (χ2v) is 5.40. The number of nitrogens with one attached hydrogen (secondary N) is 1. The Hall–Kier alpha value is -0.950. The molecular formula is C12H8BrIN2O. The number of pyridine rings is 1. The molecule has 1 aromatic heterocycles. The molecule has 2 aromatic rings. The number of aromatic nitrogens is 1. The minimum absolute atomic E-state index is 0.135. The van der Waals surface area contributed by atoms with E-state index in [0.29, 0.717) is 11.3 Å². The second-order valence-electron chi connectivity index (χ2n) is 3.32. The SMILES string of the molecule is O=C(Nc1cccnc1)c1cc(Br)ccc1I. The van der Waals surface area contributed by atoms with Crippen molar-refractivity contribution >= 4 is 50.1 Å². The lowest BCUT2D eigenvalue weighted by atomic mass is 10.2. The fourth-order valence-corrected chi connectivity index (χ4v) is 2.25.